The van der Waals surface area contributed by atoms with Crippen LogP contribution in [0.4, 0.5) is 0 Å². The number of carbonyl (C=O) groups is 2. The molecule has 6 heteroatoms. The summed E-state index contributed by atoms with van der Waals surface area (Å²) in [6, 6.07) is -0.746. The highest BCUT2D eigenvalue weighted by atomic mass is 16.5. The van der Waals surface area contributed by atoms with Crippen molar-refractivity contribution in [3.63, 3.8) is 0 Å². The summed E-state index contributed by atoms with van der Waals surface area (Å²) in [5, 5.41) is 23.9. The van der Waals surface area contributed by atoms with Gasteiger partial charge >= 0.3 is 5.97 Å². The number of aliphatic hydroxyl groups excluding tert-OH is 2. The van der Waals surface area contributed by atoms with Crippen LogP contribution >= 0.6 is 0 Å². The minimum absolute atomic E-state index is 0.000335. The van der Waals surface area contributed by atoms with Crippen molar-refractivity contribution in [1.82, 2.24) is 5.32 Å². The highest BCUT2D eigenvalue weighted by Gasteiger charge is 2.24. The Labute approximate surface area is 443 Å². The normalized spacial score (nSPS) is 14.1. The van der Waals surface area contributed by atoms with Crippen molar-refractivity contribution < 1.29 is 24.5 Å². The van der Waals surface area contributed by atoms with Gasteiger partial charge in [-0.25, -0.2) is 0 Å². The van der Waals surface area contributed by atoms with Gasteiger partial charge in [0.25, 0.3) is 0 Å². The minimum atomic E-state index is -0.826. The monoisotopic (exact) mass is 996 g/mol. The number of nitrogens with one attached hydrogen (secondary N) is 1. The van der Waals surface area contributed by atoms with Crippen LogP contribution in [-0.4, -0.2) is 46.9 Å². The van der Waals surface area contributed by atoms with E-state index < -0.39 is 18.2 Å². The van der Waals surface area contributed by atoms with E-state index in [1.54, 1.807) is 0 Å². The molecule has 0 aromatic rings. The zero-order valence-corrected chi connectivity index (χ0v) is 46.5. The van der Waals surface area contributed by atoms with Gasteiger partial charge in [0.05, 0.1) is 25.2 Å². The van der Waals surface area contributed by atoms with E-state index in [2.05, 4.69) is 154 Å². The molecule has 3 unspecified atom stereocenters. The highest BCUT2D eigenvalue weighted by Crippen LogP contribution is 2.17. The molecular formula is C66H109NO5. The molecule has 408 valence electrons. The molecule has 0 aliphatic heterocycles. The van der Waals surface area contributed by atoms with Gasteiger partial charge in [-0.05, 0) is 103 Å². The number of esters is 1. The molecule has 3 N–H and O–H groups in total. The topological polar surface area (TPSA) is 95.9 Å². The summed E-state index contributed by atoms with van der Waals surface area (Å²) in [5.74, 6) is -0.639. The molecular weight excluding hydrogens is 887 g/mol. The molecule has 0 aliphatic rings. The van der Waals surface area contributed by atoms with E-state index in [4.69, 9.17) is 4.74 Å². The molecule has 6 nitrogen and oxygen atoms in total. The van der Waals surface area contributed by atoms with Gasteiger partial charge in [-0.1, -0.05) is 264 Å². The third kappa shape index (κ3) is 52.3. The standard InChI is InChI=1S/C66H109NO5/c1-4-7-10-13-16-19-22-25-28-31-32-35-38-41-44-47-50-53-56-59-66(71)72-62(57-54-51-48-45-42-39-36-33-29-26-23-20-17-14-11-8-5-2)60-65(70)67-63(61-68)64(69)58-55-52-49-46-43-40-37-34-30-27-24-21-18-15-12-9-6-3/h7-8,10-11,16-17,19-20,25-26,28-29,32,35-36,39,41,44-45,48,50,53,62-64,68-69H,4-6,9,12-15,18,21-24,27,30-31,33-34,37-38,40,42-43,46-47,49,51-52,54-61H2,1-3H3,(H,67,70)/b10-7-,11-8-,19-16-,20-17-,28-25-,29-26-,35-32-,39-36-,44-41-,48-45-,53-50-. The summed E-state index contributed by atoms with van der Waals surface area (Å²) < 4.78 is 5.89. The van der Waals surface area contributed by atoms with E-state index in [-0.39, 0.29) is 31.3 Å². The average Bonchev–Trinajstić information content (AvgIpc) is 3.37. The van der Waals surface area contributed by atoms with Crippen molar-refractivity contribution in [2.45, 2.75) is 264 Å². The Balaban J connectivity index is 4.78. The largest absolute Gasteiger partial charge is 0.462 e. The lowest BCUT2D eigenvalue weighted by Gasteiger charge is -2.24. The molecule has 0 heterocycles. The summed E-state index contributed by atoms with van der Waals surface area (Å²) in [6.45, 7) is 6.24. The molecule has 0 bridgehead atoms. The van der Waals surface area contributed by atoms with Crippen LogP contribution in [0, 0.1) is 0 Å². The first-order valence-electron chi connectivity index (χ1n) is 29.4. The van der Waals surface area contributed by atoms with Crippen LogP contribution in [-0.2, 0) is 14.3 Å². The molecule has 0 aromatic carbocycles. The lowest BCUT2D eigenvalue weighted by molar-refractivity contribution is -0.150. The van der Waals surface area contributed by atoms with Crippen LogP contribution in [0.15, 0.2) is 134 Å². The summed E-state index contributed by atoms with van der Waals surface area (Å²) in [5.41, 5.74) is 0. The fourth-order valence-electron chi connectivity index (χ4n) is 8.14. The third-order valence-corrected chi connectivity index (χ3v) is 12.5. The Morgan fingerprint density at radius 2 is 0.750 bits per heavy atom. The van der Waals surface area contributed by atoms with E-state index in [1.807, 2.05) is 6.08 Å². The van der Waals surface area contributed by atoms with Gasteiger partial charge < -0.3 is 20.3 Å². The smallest absolute Gasteiger partial charge is 0.306 e. The first-order valence-corrected chi connectivity index (χ1v) is 29.4. The number of hydrogen-bond donors (Lipinski definition) is 3. The number of amides is 1. The van der Waals surface area contributed by atoms with Crippen molar-refractivity contribution in [2.24, 2.45) is 0 Å². The Morgan fingerprint density at radius 3 is 1.11 bits per heavy atom. The second-order valence-corrected chi connectivity index (χ2v) is 19.3. The number of unbranched alkanes of at least 4 members (excludes halogenated alkanes) is 17. The summed E-state index contributed by atoms with van der Waals surface area (Å²) >= 11 is 0. The molecule has 0 aromatic heterocycles. The maximum atomic E-state index is 13.3. The van der Waals surface area contributed by atoms with Crippen LogP contribution in [0.1, 0.15) is 245 Å². The first kappa shape index (κ1) is 68.0. The fraction of sp³-hybridized carbons (Fsp3) is 0.636. The Kier molecular flexibility index (Phi) is 54.7. The Hall–Kier alpha value is -4.00. The average molecular weight is 997 g/mol. The molecule has 0 spiro atoms. The summed E-state index contributed by atoms with van der Waals surface area (Å²) in [7, 11) is 0. The van der Waals surface area contributed by atoms with Crippen molar-refractivity contribution >= 4 is 11.9 Å². The maximum absolute atomic E-state index is 13.3. The maximum Gasteiger partial charge on any atom is 0.306 e. The van der Waals surface area contributed by atoms with E-state index in [9.17, 15) is 19.8 Å². The quantitative estimate of drug-likeness (QED) is 0.0321. The van der Waals surface area contributed by atoms with Crippen LogP contribution in [0.3, 0.4) is 0 Å². The molecule has 0 saturated heterocycles. The Morgan fingerprint density at radius 1 is 0.417 bits per heavy atom. The zero-order chi connectivity index (χ0) is 52.3. The second kappa shape index (κ2) is 57.9. The van der Waals surface area contributed by atoms with Crippen molar-refractivity contribution in [2.75, 3.05) is 6.61 Å². The number of allylic oxidation sites excluding steroid dienone is 22. The lowest BCUT2D eigenvalue weighted by atomic mass is 10.0. The van der Waals surface area contributed by atoms with Crippen LogP contribution < -0.4 is 5.32 Å². The van der Waals surface area contributed by atoms with Crippen LogP contribution in [0.25, 0.3) is 0 Å². The molecule has 0 fully saturated rings. The predicted octanol–water partition coefficient (Wildman–Crippen LogP) is 18.6. The molecule has 0 rings (SSSR count). The molecule has 0 saturated carbocycles. The summed E-state index contributed by atoms with van der Waals surface area (Å²) in [6.07, 6.45) is 82.4. The van der Waals surface area contributed by atoms with Gasteiger partial charge in [-0.15, -0.1) is 0 Å². The Bertz CT molecular complexity index is 1540. The third-order valence-electron chi connectivity index (χ3n) is 12.5. The summed E-state index contributed by atoms with van der Waals surface area (Å²) in [4.78, 5) is 26.3. The van der Waals surface area contributed by atoms with Crippen LogP contribution in [0.5, 0.6) is 0 Å². The van der Waals surface area contributed by atoms with Crippen molar-refractivity contribution in [1.29, 1.82) is 0 Å². The van der Waals surface area contributed by atoms with Gasteiger partial charge in [0.1, 0.15) is 6.10 Å². The molecule has 72 heavy (non-hydrogen) atoms. The van der Waals surface area contributed by atoms with Gasteiger partial charge in [0.15, 0.2) is 0 Å². The van der Waals surface area contributed by atoms with Gasteiger partial charge in [0, 0.05) is 6.42 Å². The molecule has 1 amide bonds. The van der Waals surface area contributed by atoms with Gasteiger partial charge in [-0.2, -0.15) is 0 Å². The predicted molar refractivity (Wildman–Crippen MR) is 314 cm³/mol. The molecule has 3 atom stereocenters. The van der Waals surface area contributed by atoms with Crippen molar-refractivity contribution in [3.8, 4) is 0 Å². The molecule has 0 aliphatic carbocycles. The van der Waals surface area contributed by atoms with E-state index in [1.165, 1.54) is 89.9 Å². The van der Waals surface area contributed by atoms with Crippen LogP contribution in [0.2, 0.25) is 0 Å². The SMILES string of the molecule is CC/C=C\C/C=C\C/C=C\C/C=C\C/C=C\C/C=C\CCC(=O)OC(CCC/C=C\C/C=C\C/C=C\C/C=C\C/C=C\CC)CC(=O)NC(CO)C(O)CCCCCCCCCCCCCCCCCCC. The van der Waals surface area contributed by atoms with Gasteiger partial charge in [-0.3, -0.25) is 9.59 Å². The number of aliphatic hydroxyl groups is 2. The number of ether oxygens (including phenoxy) is 1. The zero-order valence-electron chi connectivity index (χ0n) is 46.5. The van der Waals surface area contributed by atoms with E-state index in [0.29, 0.717) is 19.3 Å². The fourth-order valence-corrected chi connectivity index (χ4v) is 8.14. The number of hydrogen-bond acceptors (Lipinski definition) is 5. The van der Waals surface area contributed by atoms with Gasteiger partial charge in [0.2, 0.25) is 5.91 Å². The second-order valence-electron chi connectivity index (χ2n) is 19.3. The van der Waals surface area contributed by atoms with Crippen molar-refractivity contribution in [3.05, 3.63) is 134 Å². The number of rotatable bonds is 51. The molecule has 0 radical (unpaired) electrons. The highest BCUT2D eigenvalue weighted by molar-refractivity contribution is 5.77. The minimum Gasteiger partial charge on any atom is -0.462 e. The number of carbonyl (C=O) groups excluding carboxylic acids is 2. The van der Waals surface area contributed by atoms with E-state index in [0.717, 1.165) is 103 Å². The first-order chi connectivity index (χ1) is 35.5. The lowest BCUT2D eigenvalue weighted by Crippen LogP contribution is -2.46. The van der Waals surface area contributed by atoms with E-state index >= 15 is 0 Å².